The molecule has 0 aromatic heterocycles. The van der Waals surface area contributed by atoms with Gasteiger partial charge < -0.3 is 4.74 Å². The number of carbonyl (C=O) groups is 1. The van der Waals surface area contributed by atoms with E-state index in [1.54, 1.807) is 6.92 Å². The first-order chi connectivity index (χ1) is 9.18. The number of benzene rings is 2. The van der Waals surface area contributed by atoms with Crippen LogP contribution < -0.4 is 0 Å². The van der Waals surface area contributed by atoms with Gasteiger partial charge in [-0.15, -0.1) is 0 Å². The zero-order chi connectivity index (χ0) is 13.4. The Bertz CT molecular complexity index is 625. The molecule has 0 bridgehead atoms. The summed E-state index contributed by atoms with van der Waals surface area (Å²) in [5.41, 5.74) is 4.77. The number of esters is 1. The summed E-state index contributed by atoms with van der Waals surface area (Å²) in [6, 6.07) is 16.1. The summed E-state index contributed by atoms with van der Waals surface area (Å²) in [4.78, 5) is 11.8. The second-order valence-corrected chi connectivity index (χ2v) is 4.74. The fourth-order valence-electron chi connectivity index (χ4n) is 2.44. The average molecular weight is 250 g/mol. The summed E-state index contributed by atoms with van der Waals surface area (Å²) >= 11 is 0. The molecule has 3 rings (SSSR count). The molecule has 0 saturated heterocycles. The Hall–Kier alpha value is -2.35. The normalized spacial score (nSPS) is 12.7. The van der Waals surface area contributed by atoms with Gasteiger partial charge in [0.15, 0.2) is 6.10 Å². The highest BCUT2D eigenvalue weighted by atomic mass is 16.5. The topological polar surface area (TPSA) is 26.3 Å². The predicted octanol–water partition coefficient (Wildman–Crippen LogP) is 3.88. The molecule has 0 N–H and O–H groups in total. The molecule has 0 aliphatic heterocycles. The predicted molar refractivity (Wildman–Crippen MR) is 74.6 cm³/mol. The quantitative estimate of drug-likeness (QED) is 0.597. The first-order valence-corrected chi connectivity index (χ1v) is 6.23. The lowest BCUT2D eigenvalue weighted by Gasteiger charge is -2.14. The molecule has 0 unspecified atom stereocenters. The van der Waals surface area contributed by atoms with Crippen LogP contribution in [0, 0.1) is 0 Å². The third kappa shape index (κ3) is 1.85. The SMILES string of the molecule is C=C(C)C(=O)OC1c2ccccc2-c2ccccc21. The lowest BCUT2D eigenvalue weighted by Crippen LogP contribution is -2.10. The highest BCUT2D eigenvalue weighted by Crippen LogP contribution is 2.45. The Morgan fingerprint density at radius 2 is 1.47 bits per heavy atom. The molecular formula is C17H14O2. The second-order valence-electron chi connectivity index (χ2n) is 4.74. The van der Waals surface area contributed by atoms with Gasteiger partial charge in [-0.3, -0.25) is 0 Å². The number of carbonyl (C=O) groups excluding carboxylic acids is 1. The van der Waals surface area contributed by atoms with E-state index >= 15 is 0 Å². The molecular weight excluding hydrogens is 236 g/mol. The van der Waals surface area contributed by atoms with Crippen molar-refractivity contribution in [1.29, 1.82) is 0 Å². The van der Waals surface area contributed by atoms with E-state index in [0.29, 0.717) is 5.57 Å². The molecule has 2 heteroatoms. The minimum absolute atomic E-state index is 0.323. The first-order valence-electron chi connectivity index (χ1n) is 6.23. The van der Waals surface area contributed by atoms with E-state index in [-0.39, 0.29) is 12.1 Å². The molecule has 2 aromatic rings. The molecule has 0 heterocycles. The van der Waals surface area contributed by atoms with Crippen LogP contribution >= 0.6 is 0 Å². The zero-order valence-electron chi connectivity index (χ0n) is 10.7. The zero-order valence-corrected chi connectivity index (χ0v) is 10.7. The number of hydrogen-bond donors (Lipinski definition) is 0. The third-order valence-electron chi connectivity index (χ3n) is 3.35. The summed E-state index contributed by atoms with van der Waals surface area (Å²) in [6.07, 6.45) is -0.323. The maximum atomic E-state index is 11.8. The number of hydrogen-bond acceptors (Lipinski definition) is 2. The van der Waals surface area contributed by atoms with Crippen molar-refractivity contribution in [2.75, 3.05) is 0 Å². The molecule has 2 aromatic carbocycles. The van der Waals surface area contributed by atoms with E-state index in [4.69, 9.17) is 4.74 Å². The Labute approximate surface area is 112 Å². The minimum Gasteiger partial charge on any atom is -0.449 e. The maximum Gasteiger partial charge on any atom is 0.334 e. The standard InChI is InChI=1S/C17H14O2/c1-11(2)17(18)19-16-14-9-5-3-7-12(14)13-8-4-6-10-15(13)16/h3-10,16H,1H2,2H3. The van der Waals surface area contributed by atoms with Gasteiger partial charge in [-0.2, -0.15) is 0 Å². The van der Waals surface area contributed by atoms with Crippen molar-refractivity contribution in [2.24, 2.45) is 0 Å². The van der Waals surface area contributed by atoms with E-state index in [1.165, 1.54) is 0 Å². The molecule has 0 atom stereocenters. The van der Waals surface area contributed by atoms with Crippen LogP contribution in [0.1, 0.15) is 24.2 Å². The lowest BCUT2D eigenvalue weighted by atomic mass is 10.1. The van der Waals surface area contributed by atoms with Gasteiger partial charge >= 0.3 is 5.97 Å². The Morgan fingerprint density at radius 3 is 1.95 bits per heavy atom. The van der Waals surface area contributed by atoms with Gasteiger partial charge in [0.1, 0.15) is 0 Å². The Kier molecular flexibility index (Phi) is 2.71. The summed E-state index contributed by atoms with van der Waals surface area (Å²) in [6.45, 7) is 5.30. The van der Waals surface area contributed by atoms with Crippen molar-refractivity contribution < 1.29 is 9.53 Å². The molecule has 0 radical (unpaired) electrons. The molecule has 1 aliphatic carbocycles. The van der Waals surface area contributed by atoms with Crippen molar-refractivity contribution in [1.82, 2.24) is 0 Å². The number of ether oxygens (including phenoxy) is 1. The van der Waals surface area contributed by atoms with E-state index in [2.05, 4.69) is 18.7 Å². The van der Waals surface area contributed by atoms with Crippen LogP contribution in [0.2, 0.25) is 0 Å². The van der Waals surface area contributed by atoms with Gasteiger partial charge in [0.05, 0.1) is 0 Å². The largest absolute Gasteiger partial charge is 0.449 e. The van der Waals surface area contributed by atoms with E-state index in [1.807, 2.05) is 36.4 Å². The van der Waals surface area contributed by atoms with Crippen LogP contribution in [0.25, 0.3) is 11.1 Å². The van der Waals surface area contributed by atoms with Crippen LogP contribution in [0.5, 0.6) is 0 Å². The smallest absolute Gasteiger partial charge is 0.334 e. The van der Waals surface area contributed by atoms with Crippen LogP contribution in [-0.2, 0) is 9.53 Å². The molecule has 0 spiro atoms. The Morgan fingerprint density at radius 1 is 1.00 bits per heavy atom. The highest BCUT2D eigenvalue weighted by molar-refractivity contribution is 5.88. The summed E-state index contributed by atoms with van der Waals surface area (Å²) < 4.78 is 5.59. The van der Waals surface area contributed by atoms with Gasteiger partial charge in [0.25, 0.3) is 0 Å². The van der Waals surface area contributed by atoms with Gasteiger partial charge in [0, 0.05) is 16.7 Å². The fraction of sp³-hybridized carbons (Fsp3) is 0.118. The number of rotatable bonds is 2. The second kappa shape index (κ2) is 4.39. The molecule has 94 valence electrons. The monoisotopic (exact) mass is 250 g/mol. The average Bonchev–Trinajstić information content (AvgIpc) is 2.74. The van der Waals surface area contributed by atoms with Crippen LogP contribution in [0.4, 0.5) is 0 Å². The lowest BCUT2D eigenvalue weighted by molar-refractivity contribution is -0.142. The van der Waals surface area contributed by atoms with E-state index in [0.717, 1.165) is 22.3 Å². The van der Waals surface area contributed by atoms with Crippen molar-refractivity contribution in [3.63, 3.8) is 0 Å². The van der Waals surface area contributed by atoms with Crippen molar-refractivity contribution in [3.05, 3.63) is 71.8 Å². The van der Waals surface area contributed by atoms with Gasteiger partial charge in [-0.05, 0) is 18.1 Å². The fourth-order valence-corrected chi connectivity index (χ4v) is 2.44. The summed E-state index contributed by atoms with van der Waals surface area (Å²) in [5.74, 6) is -0.350. The third-order valence-corrected chi connectivity index (χ3v) is 3.35. The summed E-state index contributed by atoms with van der Waals surface area (Å²) in [5, 5.41) is 0. The highest BCUT2D eigenvalue weighted by Gasteiger charge is 2.30. The Balaban J connectivity index is 2.10. The van der Waals surface area contributed by atoms with Crippen LogP contribution in [0.3, 0.4) is 0 Å². The summed E-state index contributed by atoms with van der Waals surface area (Å²) in [7, 11) is 0. The molecule has 0 fully saturated rings. The van der Waals surface area contributed by atoms with E-state index in [9.17, 15) is 4.79 Å². The first kappa shape index (κ1) is 11.7. The van der Waals surface area contributed by atoms with Gasteiger partial charge in [-0.1, -0.05) is 55.1 Å². The number of fused-ring (bicyclic) bond motifs is 3. The van der Waals surface area contributed by atoms with Crippen molar-refractivity contribution in [2.45, 2.75) is 13.0 Å². The van der Waals surface area contributed by atoms with Crippen LogP contribution in [0.15, 0.2) is 60.7 Å². The molecule has 2 nitrogen and oxygen atoms in total. The molecule has 19 heavy (non-hydrogen) atoms. The van der Waals surface area contributed by atoms with Crippen molar-refractivity contribution in [3.8, 4) is 11.1 Å². The molecule has 0 saturated carbocycles. The minimum atomic E-state index is -0.350. The molecule has 0 amide bonds. The van der Waals surface area contributed by atoms with Gasteiger partial charge in [-0.25, -0.2) is 4.79 Å². The van der Waals surface area contributed by atoms with Gasteiger partial charge in [0.2, 0.25) is 0 Å². The van der Waals surface area contributed by atoms with E-state index < -0.39 is 0 Å². The van der Waals surface area contributed by atoms with Crippen LogP contribution in [-0.4, -0.2) is 5.97 Å². The maximum absolute atomic E-state index is 11.8. The molecule has 1 aliphatic rings. The van der Waals surface area contributed by atoms with Crippen molar-refractivity contribution >= 4 is 5.97 Å².